The van der Waals surface area contributed by atoms with Gasteiger partial charge in [-0.15, -0.1) is 0 Å². The van der Waals surface area contributed by atoms with E-state index in [2.05, 4.69) is 5.32 Å². The number of nitrogens with one attached hydrogen (secondary N) is 1. The molecule has 0 radical (unpaired) electrons. The van der Waals surface area contributed by atoms with Gasteiger partial charge in [0.05, 0.1) is 18.6 Å². The Morgan fingerprint density at radius 1 is 1.05 bits per heavy atom. The second-order valence-corrected chi connectivity index (χ2v) is 11.7. The Kier molecular flexibility index (Phi) is 10.2. The van der Waals surface area contributed by atoms with Crippen LogP contribution in [0.2, 0.25) is 5.02 Å². The average molecular weight is 550 g/mol. The predicted molar refractivity (Wildman–Crippen MR) is 146 cm³/mol. The molecule has 1 atom stereocenters. The molecule has 1 saturated carbocycles. The average Bonchev–Trinajstić information content (AvgIpc) is 2.87. The zero-order chi connectivity index (χ0) is 27.0. The third kappa shape index (κ3) is 8.36. The van der Waals surface area contributed by atoms with Crippen LogP contribution in [-0.4, -0.2) is 56.6 Å². The highest BCUT2D eigenvalue weighted by atomic mass is 35.5. The van der Waals surface area contributed by atoms with Gasteiger partial charge in [0.25, 0.3) is 0 Å². The number of hydrogen-bond acceptors (Lipinski definition) is 5. The zero-order valence-electron chi connectivity index (χ0n) is 21.7. The molecule has 0 aromatic heterocycles. The van der Waals surface area contributed by atoms with Crippen molar-refractivity contribution in [2.75, 3.05) is 23.7 Å². The first-order valence-corrected chi connectivity index (χ1v) is 14.9. The van der Waals surface area contributed by atoms with E-state index < -0.39 is 28.5 Å². The van der Waals surface area contributed by atoms with Gasteiger partial charge >= 0.3 is 0 Å². The van der Waals surface area contributed by atoms with Crippen molar-refractivity contribution in [3.05, 3.63) is 59.1 Å². The van der Waals surface area contributed by atoms with E-state index in [1.54, 1.807) is 55.5 Å². The largest absolute Gasteiger partial charge is 0.494 e. The molecule has 2 aromatic carbocycles. The zero-order valence-corrected chi connectivity index (χ0v) is 23.2. The van der Waals surface area contributed by atoms with Crippen molar-refractivity contribution < 1.29 is 22.7 Å². The van der Waals surface area contributed by atoms with Crippen molar-refractivity contribution in [2.45, 2.75) is 64.6 Å². The lowest BCUT2D eigenvalue weighted by Gasteiger charge is -2.33. The number of hydrogen-bond donors (Lipinski definition) is 1. The number of carbonyl (C=O) groups is 2. The Morgan fingerprint density at radius 3 is 2.24 bits per heavy atom. The lowest BCUT2D eigenvalue weighted by Crippen LogP contribution is -2.52. The van der Waals surface area contributed by atoms with Gasteiger partial charge in [-0.3, -0.25) is 13.9 Å². The number of halogens is 1. The molecule has 3 rings (SSSR count). The van der Waals surface area contributed by atoms with Crippen LogP contribution in [0.5, 0.6) is 5.75 Å². The summed E-state index contributed by atoms with van der Waals surface area (Å²) in [5.74, 6) is -0.134. The van der Waals surface area contributed by atoms with Crippen LogP contribution in [0.4, 0.5) is 5.69 Å². The summed E-state index contributed by atoms with van der Waals surface area (Å²) in [5.41, 5.74) is 1.12. The van der Waals surface area contributed by atoms with E-state index in [9.17, 15) is 18.0 Å². The summed E-state index contributed by atoms with van der Waals surface area (Å²) in [6.07, 6.45) is 6.19. The molecule has 1 N–H and O–H groups in total. The van der Waals surface area contributed by atoms with Crippen molar-refractivity contribution >= 4 is 39.1 Å². The molecule has 37 heavy (non-hydrogen) atoms. The summed E-state index contributed by atoms with van der Waals surface area (Å²) in [6, 6.07) is 12.8. The number of sulfonamides is 1. The minimum absolute atomic E-state index is 0.0903. The van der Waals surface area contributed by atoms with Gasteiger partial charge in [-0.2, -0.15) is 0 Å². The third-order valence-electron chi connectivity index (χ3n) is 6.50. The molecule has 1 fully saturated rings. The molecule has 0 bridgehead atoms. The normalized spacial score (nSPS) is 15.0. The summed E-state index contributed by atoms with van der Waals surface area (Å²) < 4.78 is 31.9. The molecule has 10 heteroatoms. The first-order valence-electron chi connectivity index (χ1n) is 12.6. The Bertz CT molecular complexity index is 1150. The SMILES string of the molecule is CCOc1ccc(N(CC(=O)N(Cc2ccc(Cl)cc2)[C@@H](C)C(=O)NC2CCCCC2)S(C)(=O)=O)cc1. The highest BCUT2D eigenvalue weighted by Gasteiger charge is 2.31. The summed E-state index contributed by atoms with van der Waals surface area (Å²) >= 11 is 6.02. The summed E-state index contributed by atoms with van der Waals surface area (Å²) in [4.78, 5) is 28.2. The molecule has 1 aliphatic rings. The number of anilines is 1. The van der Waals surface area contributed by atoms with Gasteiger partial charge in [0, 0.05) is 17.6 Å². The van der Waals surface area contributed by atoms with Crippen LogP contribution in [0.3, 0.4) is 0 Å². The molecule has 202 valence electrons. The van der Waals surface area contributed by atoms with Gasteiger partial charge in [-0.05, 0) is 68.7 Å². The van der Waals surface area contributed by atoms with Crippen molar-refractivity contribution in [3.63, 3.8) is 0 Å². The smallest absolute Gasteiger partial charge is 0.244 e. The van der Waals surface area contributed by atoms with E-state index in [0.29, 0.717) is 23.1 Å². The van der Waals surface area contributed by atoms with Crippen LogP contribution in [0.1, 0.15) is 51.5 Å². The second kappa shape index (κ2) is 13.1. The second-order valence-electron chi connectivity index (χ2n) is 9.36. The summed E-state index contributed by atoms with van der Waals surface area (Å²) in [6.45, 7) is 3.70. The minimum Gasteiger partial charge on any atom is -0.494 e. The van der Waals surface area contributed by atoms with Gasteiger partial charge in [-0.25, -0.2) is 8.42 Å². The van der Waals surface area contributed by atoms with Crippen molar-refractivity contribution in [1.29, 1.82) is 0 Å². The fourth-order valence-electron chi connectivity index (χ4n) is 4.43. The van der Waals surface area contributed by atoms with Gasteiger partial charge in [0.1, 0.15) is 18.3 Å². The monoisotopic (exact) mass is 549 g/mol. The van der Waals surface area contributed by atoms with Gasteiger partial charge < -0.3 is 15.0 Å². The van der Waals surface area contributed by atoms with Crippen molar-refractivity contribution in [1.82, 2.24) is 10.2 Å². The van der Waals surface area contributed by atoms with Crippen LogP contribution in [0.25, 0.3) is 0 Å². The Hall–Kier alpha value is -2.78. The lowest BCUT2D eigenvalue weighted by atomic mass is 9.95. The lowest BCUT2D eigenvalue weighted by molar-refractivity contribution is -0.139. The Balaban J connectivity index is 1.84. The third-order valence-corrected chi connectivity index (χ3v) is 7.89. The molecule has 0 heterocycles. The Labute approximate surface area is 225 Å². The maximum absolute atomic E-state index is 13.6. The highest BCUT2D eigenvalue weighted by Crippen LogP contribution is 2.23. The fraction of sp³-hybridized carbons (Fsp3) is 0.481. The maximum Gasteiger partial charge on any atom is 0.244 e. The van der Waals surface area contributed by atoms with E-state index in [0.717, 1.165) is 48.2 Å². The molecule has 2 aromatic rings. The van der Waals surface area contributed by atoms with E-state index in [-0.39, 0.29) is 18.5 Å². The van der Waals surface area contributed by atoms with Crippen molar-refractivity contribution in [2.24, 2.45) is 0 Å². The minimum atomic E-state index is -3.79. The van der Waals surface area contributed by atoms with Crippen molar-refractivity contribution in [3.8, 4) is 5.75 Å². The van der Waals surface area contributed by atoms with E-state index in [1.807, 2.05) is 6.92 Å². The van der Waals surface area contributed by atoms with Crippen LogP contribution in [0, 0.1) is 0 Å². The van der Waals surface area contributed by atoms with Crippen LogP contribution >= 0.6 is 11.6 Å². The topological polar surface area (TPSA) is 96.0 Å². The summed E-state index contributed by atoms with van der Waals surface area (Å²) in [5, 5.41) is 3.64. The van der Waals surface area contributed by atoms with Crippen LogP contribution in [0.15, 0.2) is 48.5 Å². The Morgan fingerprint density at radius 2 is 1.68 bits per heavy atom. The molecule has 0 spiro atoms. The number of nitrogens with zero attached hydrogens (tertiary/aromatic N) is 2. The number of ether oxygens (including phenoxy) is 1. The molecule has 8 nitrogen and oxygen atoms in total. The predicted octanol–water partition coefficient (Wildman–Crippen LogP) is 4.37. The number of benzene rings is 2. The maximum atomic E-state index is 13.6. The van der Waals surface area contributed by atoms with E-state index in [4.69, 9.17) is 16.3 Å². The van der Waals surface area contributed by atoms with Gasteiger partial charge in [0.15, 0.2) is 0 Å². The summed E-state index contributed by atoms with van der Waals surface area (Å²) in [7, 11) is -3.79. The standard InChI is InChI=1S/C27H36ClN3O5S/c1-4-36-25-16-14-24(15-17-25)31(37(3,34)35)19-26(32)30(18-21-10-12-22(28)13-11-21)20(2)27(33)29-23-8-6-5-7-9-23/h10-17,20,23H,4-9,18-19H2,1-3H3,(H,29,33)/t20-/m0/s1. The number of rotatable bonds is 11. The van der Waals surface area contributed by atoms with E-state index >= 15 is 0 Å². The van der Waals surface area contributed by atoms with Crippen LogP contribution < -0.4 is 14.4 Å². The fourth-order valence-corrected chi connectivity index (χ4v) is 5.40. The number of carbonyl (C=O) groups excluding carboxylic acids is 2. The quantitative estimate of drug-likeness (QED) is 0.449. The number of amides is 2. The van der Waals surface area contributed by atoms with E-state index in [1.165, 1.54) is 4.90 Å². The first kappa shape index (κ1) is 28.8. The molecule has 0 unspecified atom stereocenters. The molecular formula is C27H36ClN3O5S. The van der Waals surface area contributed by atoms with Gasteiger partial charge in [0.2, 0.25) is 21.8 Å². The first-order chi connectivity index (χ1) is 17.6. The highest BCUT2D eigenvalue weighted by molar-refractivity contribution is 7.92. The molecule has 1 aliphatic carbocycles. The molecule has 0 saturated heterocycles. The molecule has 2 amide bonds. The van der Waals surface area contributed by atoms with Crippen LogP contribution in [-0.2, 0) is 26.2 Å². The molecule has 0 aliphatic heterocycles. The van der Waals surface area contributed by atoms with Gasteiger partial charge in [-0.1, -0.05) is 43.0 Å². The molecular weight excluding hydrogens is 514 g/mol.